The Kier molecular flexibility index (Phi) is 6.05. The lowest BCUT2D eigenvalue weighted by atomic mass is 10.0. The summed E-state index contributed by atoms with van der Waals surface area (Å²) in [4.78, 5) is 2.30. The highest BCUT2D eigenvalue weighted by molar-refractivity contribution is 6.31. The first-order valence-electron chi connectivity index (χ1n) is 7.81. The molecule has 2 rings (SSSR count). The van der Waals surface area contributed by atoms with Crippen molar-refractivity contribution in [1.29, 1.82) is 0 Å². The molecule has 0 radical (unpaired) electrons. The summed E-state index contributed by atoms with van der Waals surface area (Å²) in [7, 11) is 2.13. The van der Waals surface area contributed by atoms with Gasteiger partial charge in [-0.25, -0.2) is 0 Å². The Hall–Kier alpha value is -0.620. The zero-order valence-corrected chi connectivity index (χ0v) is 14.2. The van der Waals surface area contributed by atoms with Crippen LogP contribution in [0, 0.1) is 0 Å². The molecule has 6 heteroatoms. The molecule has 2 unspecified atom stereocenters. The standard InChI is InChI=1S/C15H27ClN4O/c1-5-6-17-14(13-10-19(4)7-8-21-13)15-12(16)9-18-20(15)11(2)3/h9,11,13-14,17H,5-8,10H2,1-4H3. The summed E-state index contributed by atoms with van der Waals surface area (Å²) in [6.07, 6.45) is 2.92. The van der Waals surface area contributed by atoms with Gasteiger partial charge in [-0.2, -0.15) is 5.10 Å². The molecule has 0 saturated carbocycles. The molecule has 2 heterocycles. The summed E-state index contributed by atoms with van der Waals surface area (Å²) in [5.41, 5.74) is 1.04. The molecule has 0 spiro atoms. The van der Waals surface area contributed by atoms with E-state index in [1.54, 1.807) is 6.20 Å². The van der Waals surface area contributed by atoms with Crippen LogP contribution in [0.3, 0.4) is 0 Å². The van der Waals surface area contributed by atoms with E-state index in [1.165, 1.54) is 0 Å². The van der Waals surface area contributed by atoms with Crippen LogP contribution >= 0.6 is 11.6 Å². The molecule has 0 aromatic carbocycles. The van der Waals surface area contributed by atoms with Gasteiger partial charge in [-0.15, -0.1) is 0 Å². The van der Waals surface area contributed by atoms with E-state index in [9.17, 15) is 0 Å². The number of nitrogens with zero attached hydrogens (tertiary/aromatic N) is 3. The van der Waals surface area contributed by atoms with E-state index in [4.69, 9.17) is 16.3 Å². The highest BCUT2D eigenvalue weighted by Crippen LogP contribution is 2.30. The topological polar surface area (TPSA) is 42.3 Å². The molecule has 5 nitrogen and oxygen atoms in total. The van der Waals surface area contributed by atoms with E-state index in [0.29, 0.717) is 5.02 Å². The fraction of sp³-hybridized carbons (Fsp3) is 0.800. The quantitative estimate of drug-likeness (QED) is 0.876. The molecule has 1 N–H and O–H groups in total. The fourth-order valence-electron chi connectivity index (χ4n) is 2.77. The van der Waals surface area contributed by atoms with Gasteiger partial charge in [0.2, 0.25) is 0 Å². The van der Waals surface area contributed by atoms with Crippen LogP contribution in [0.4, 0.5) is 0 Å². The first-order valence-corrected chi connectivity index (χ1v) is 8.18. The number of ether oxygens (including phenoxy) is 1. The molecule has 2 atom stereocenters. The summed E-state index contributed by atoms with van der Waals surface area (Å²) in [5.74, 6) is 0. The van der Waals surface area contributed by atoms with Crippen LogP contribution in [-0.2, 0) is 4.74 Å². The SMILES string of the molecule is CCCNC(c1c(Cl)cnn1C(C)C)C1CN(C)CCO1. The molecule has 0 bridgehead atoms. The van der Waals surface area contributed by atoms with Gasteiger partial charge in [0, 0.05) is 19.1 Å². The van der Waals surface area contributed by atoms with E-state index in [1.807, 2.05) is 4.68 Å². The molecule has 1 aromatic rings. The van der Waals surface area contributed by atoms with Crippen molar-refractivity contribution in [3.05, 3.63) is 16.9 Å². The number of aromatic nitrogens is 2. The summed E-state index contributed by atoms with van der Waals surface area (Å²) >= 11 is 6.43. The lowest BCUT2D eigenvalue weighted by Gasteiger charge is -2.36. The third kappa shape index (κ3) is 3.97. The number of hydrogen-bond donors (Lipinski definition) is 1. The molecule has 1 fully saturated rings. The first-order chi connectivity index (χ1) is 10.0. The molecule has 1 aliphatic rings. The monoisotopic (exact) mass is 314 g/mol. The highest BCUT2D eigenvalue weighted by atomic mass is 35.5. The predicted octanol–water partition coefficient (Wildman–Crippen LogP) is 2.49. The maximum absolute atomic E-state index is 6.43. The van der Waals surface area contributed by atoms with Gasteiger partial charge in [0.25, 0.3) is 0 Å². The largest absolute Gasteiger partial charge is 0.374 e. The number of halogens is 1. The number of rotatable bonds is 6. The minimum atomic E-state index is 0.0742. The average Bonchev–Trinajstić information content (AvgIpc) is 2.82. The summed E-state index contributed by atoms with van der Waals surface area (Å²) in [6.45, 7) is 10.00. The molecule has 21 heavy (non-hydrogen) atoms. The Labute approximate surface area is 132 Å². The van der Waals surface area contributed by atoms with Crippen molar-refractivity contribution in [2.45, 2.75) is 45.4 Å². The molecular weight excluding hydrogens is 288 g/mol. The van der Waals surface area contributed by atoms with Gasteiger partial charge < -0.3 is 15.0 Å². The minimum Gasteiger partial charge on any atom is -0.374 e. The fourth-order valence-corrected chi connectivity index (χ4v) is 3.02. The number of hydrogen-bond acceptors (Lipinski definition) is 4. The van der Waals surface area contributed by atoms with Gasteiger partial charge in [-0.1, -0.05) is 18.5 Å². The molecule has 1 aliphatic heterocycles. The third-order valence-corrected chi connectivity index (χ3v) is 4.14. The smallest absolute Gasteiger partial charge is 0.0912 e. The Bertz CT molecular complexity index is 449. The van der Waals surface area contributed by atoms with Crippen LogP contribution in [0.5, 0.6) is 0 Å². The Balaban J connectivity index is 2.28. The van der Waals surface area contributed by atoms with E-state index in [0.717, 1.165) is 38.4 Å². The maximum Gasteiger partial charge on any atom is 0.0912 e. The van der Waals surface area contributed by atoms with Crippen LogP contribution < -0.4 is 5.32 Å². The van der Waals surface area contributed by atoms with E-state index < -0.39 is 0 Å². The van der Waals surface area contributed by atoms with Gasteiger partial charge in [0.05, 0.1) is 35.7 Å². The zero-order valence-electron chi connectivity index (χ0n) is 13.5. The number of likely N-dealkylation sites (N-methyl/N-ethyl adjacent to an activating group) is 1. The molecule has 0 aliphatic carbocycles. The lowest BCUT2D eigenvalue weighted by molar-refractivity contribution is -0.0407. The van der Waals surface area contributed by atoms with Crippen molar-refractivity contribution in [2.75, 3.05) is 33.3 Å². The second-order valence-electron chi connectivity index (χ2n) is 6.02. The van der Waals surface area contributed by atoms with Crippen molar-refractivity contribution >= 4 is 11.6 Å². The zero-order chi connectivity index (χ0) is 15.4. The molecule has 120 valence electrons. The summed E-state index contributed by atoms with van der Waals surface area (Å²) in [5, 5.41) is 8.75. The Morgan fingerprint density at radius 1 is 1.52 bits per heavy atom. The second-order valence-corrected chi connectivity index (χ2v) is 6.43. The molecule has 1 saturated heterocycles. The van der Waals surface area contributed by atoms with Gasteiger partial charge in [-0.05, 0) is 33.9 Å². The van der Waals surface area contributed by atoms with Crippen molar-refractivity contribution in [2.24, 2.45) is 0 Å². The van der Waals surface area contributed by atoms with Crippen LogP contribution in [0.1, 0.15) is 45.0 Å². The lowest BCUT2D eigenvalue weighted by Crippen LogP contribution is -2.47. The maximum atomic E-state index is 6.43. The van der Waals surface area contributed by atoms with E-state index in [-0.39, 0.29) is 18.2 Å². The normalized spacial score (nSPS) is 21.9. The van der Waals surface area contributed by atoms with Gasteiger partial charge in [-0.3, -0.25) is 4.68 Å². The van der Waals surface area contributed by atoms with Gasteiger partial charge in [0.1, 0.15) is 0 Å². The average molecular weight is 315 g/mol. The van der Waals surface area contributed by atoms with Gasteiger partial charge >= 0.3 is 0 Å². The summed E-state index contributed by atoms with van der Waals surface area (Å²) < 4.78 is 8.02. The van der Waals surface area contributed by atoms with Crippen molar-refractivity contribution in [1.82, 2.24) is 20.0 Å². The van der Waals surface area contributed by atoms with Crippen LogP contribution in [0.2, 0.25) is 5.02 Å². The first kappa shape index (κ1) is 16.7. The summed E-state index contributed by atoms with van der Waals surface area (Å²) in [6, 6.07) is 0.352. The Morgan fingerprint density at radius 3 is 2.90 bits per heavy atom. The van der Waals surface area contributed by atoms with Crippen LogP contribution in [0.25, 0.3) is 0 Å². The van der Waals surface area contributed by atoms with Crippen molar-refractivity contribution < 1.29 is 4.74 Å². The van der Waals surface area contributed by atoms with E-state index in [2.05, 4.69) is 43.1 Å². The molecule has 0 amide bonds. The predicted molar refractivity (Wildman–Crippen MR) is 85.9 cm³/mol. The van der Waals surface area contributed by atoms with E-state index >= 15 is 0 Å². The van der Waals surface area contributed by atoms with Crippen molar-refractivity contribution in [3.63, 3.8) is 0 Å². The highest BCUT2D eigenvalue weighted by Gasteiger charge is 2.32. The van der Waals surface area contributed by atoms with Crippen LogP contribution in [-0.4, -0.2) is 54.1 Å². The minimum absolute atomic E-state index is 0.0742. The molecular formula is C15H27ClN4O. The molecule has 1 aromatic heterocycles. The van der Waals surface area contributed by atoms with Gasteiger partial charge in [0.15, 0.2) is 0 Å². The number of morpholine rings is 1. The van der Waals surface area contributed by atoms with Crippen molar-refractivity contribution in [3.8, 4) is 0 Å². The Morgan fingerprint density at radius 2 is 2.29 bits per heavy atom. The number of nitrogens with one attached hydrogen (secondary N) is 1. The second kappa shape index (κ2) is 7.58. The third-order valence-electron chi connectivity index (χ3n) is 3.85. The van der Waals surface area contributed by atoms with Crippen LogP contribution in [0.15, 0.2) is 6.20 Å².